The number of rotatable bonds is 6. The molecule has 1 aromatic carbocycles. The first-order valence-electron chi connectivity index (χ1n) is 9.46. The van der Waals surface area contributed by atoms with Crippen molar-refractivity contribution in [3.8, 4) is 0 Å². The Bertz CT molecular complexity index is 1010. The van der Waals surface area contributed by atoms with Crippen LogP contribution in [0.15, 0.2) is 42.7 Å². The van der Waals surface area contributed by atoms with Crippen molar-refractivity contribution >= 4 is 11.8 Å². The predicted octanol–water partition coefficient (Wildman–Crippen LogP) is 0.575. The molecule has 1 aliphatic heterocycles. The zero-order valence-electron chi connectivity index (χ0n) is 15.8. The van der Waals surface area contributed by atoms with Crippen molar-refractivity contribution in [2.75, 3.05) is 19.7 Å². The first kappa shape index (κ1) is 18.9. The summed E-state index contributed by atoms with van der Waals surface area (Å²) in [7, 11) is 0. The Hall–Kier alpha value is -3.46. The van der Waals surface area contributed by atoms with E-state index in [1.165, 1.54) is 0 Å². The van der Waals surface area contributed by atoms with Crippen LogP contribution in [0.25, 0.3) is 0 Å². The molecule has 2 aromatic heterocycles. The third-order valence-electron chi connectivity index (χ3n) is 4.91. The summed E-state index contributed by atoms with van der Waals surface area (Å²) in [5, 5.41) is 22.7. The lowest BCUT2D eigenvalue weighted by molar-refractivity contribution is 0.0732. The monoisotopic (exact) mass is 394 g/mol. The molecule has 0 atom stereocenters. The Labute approximate surface area is 167 Å². The molecule has 3 aromatic rings. The van der Waals surface area contributed by atoms with E-state index in [1.807, 2.05) is 41.2 Å². The molecular formula is C20H22N6O3. The maximum Gasteiger partial charge on any atom is 0.272 e. The molecule has 0 spiro atoms. The molecular weight excluding hydrogens is 372 g/mol. The minimum absolute atomic E-state index is 0.0566. The third kappa shape index (κ3) is 4.04. The number of aliphatic hydroxyl groups excluding tert-OH is 1. The van der Waals surface area contributed by atoms with Crippen LogP contribution < -0.4 is 5.32 Å². The maximum absolute atomic E-state index is 13.0. The summed E-state index contributed by atoms with van der Waals surface area (Å²) in [6, 6.07) is 9.41. The molecule has 0 unspecified atom stereocenters. The molecule has 1 aliphatic rings. The smallest absolute Gasteiger partial charge is 0.272 e. The number of hydrogen-bond acceptors (Lipinski definition) is 5. The Morgan fingerprint density at radius 1 is 1.28 bits per heavy atom. The van der Waals surface area contributed by atoms with Gasteiger partial charge in [0, 0.05) is 36.6 Å². The maximum atomic E-state index is 13.0. The lowest BCUT2D eigenvalue weighted by atomic mass is 10.0. The summed E-state index contributed by atoms with van der Waals surface area (Å²) in [6.45, 7) is 1.54. The van der Waals surface area contributed by atoms with Gasteiger partial charge < -0.3 is 15.3 Å². The van der Waals surface area contributed by atoms with E-state index in [9.17, 15) is 9.59 Å². The highest BCUT2D eigenvalue weighted by molar-refractivity contribution is 5.95. The third-order valence-corrected chi connectivity index (χ3v) is 4.91. The van der Waals surface area contributed by atoms with Crippen LogP contribution in [0.1, 0.15) is 37.7 Å². The fourth-order valence-corrected chi connectivity index (χ4v) is 3.50. The predicted molar refractivity (Wildman–Crippen MR) is 104 cm³/mol. The second kappa shape index (κ2) is 8.27. The average Bonchev–Trinajstić information content (AvgIpc) is 3.41. The highest BCUT2D eigenvalue weighted by Gasteiger charge is 2.27. The van der Waals surface area contributed by atoms with E-state index in [-0.39, 0.29) is 25.0 Å². The number of aliphatic hydroxyl groups is 1. The number of fused-ring (bicyclic) bond motifs is 1. The highest BCUT2D eigenvalue weighted by atomic mass is 16.3. The molecule has 0 radical (unpaired) electrons. The first-order valence-corrected chi connectivity index (χ1v) is 9.46. The number of amides is 2. The summed E-state index contributed by atoms with van der Waals surface area (Å²) in [5.74, 6) is -0.374. The zero-order chi connectivity index (χ0) is 20.2. The van der Waals surface area contributed by atoms with Crippen molar-refractivity contribution in [2.45, 2.75) is 19.5 Å². The number of carbonyl (C=O) groups excluding carboxylic acids is 2. The highest BCUT2D eigenvalue weighted by Crippen LogP contribution is 2.22. The van der Waals surface area contributed by atoms with Gasteiger partial charge in [-0.1, -0.05) is 12.1 Å². The van der Waals surface area contributed by atoms with Crippen molar-refractivity contribution in [3.05, 3.63) is 70.8 Å². The minimum Gasteiger partial charge on any atom is -0.395 e. The molecule has 2 amide bonds. The number of aromatic amines is 1. The van der Waals surface area contributed by atoms with Crippen LogP contribution in [0.4, 0.5) is 0 Å². The van der Waals surface area contributed by atoms with E-state index in [2.05, 4.69) is 20.6 Å². The van der Waals surface area contributed by atoms with Crippen LogP contribution in [0.3, 0.4) is 0 Å². The standard InChI is InChI=1S/C20H22N6O3/c27-10-7-21-19(28)18-16-5-9-25(13-17(16)23-24-18)20(29)15-4-1-3-14(11-15)12-26-8-2-6-22-26/h1-4,6,8,11,27H,5,7,9-10,12-13H2,(H,21,28)(H,23,24). The van der Waals surface area contributed by atoms with Gasteiger partial charge in [0.15, 0.2) is 5.69 Å². The lowest BCUT2D eigenvalue weighted by Gasteiger charge is -2.27. The molecule has 9 heteroatoms. The van der Waals surface area contributed by atoms with Crippen LogP contribution in [0.5, 0.6) is 0 Å². The molecule has 150 valence electrons. The van der Waals surface area contributed by atoms with Crippen LogP contribution in [-0.4, -0.2) is 61.5 Å². The van der Waals surface area contributed by atoms with Crippen LogP contribution in [-0.2, 0) is 19.5 Å². The first-order chi connectivity index (χ1) is 14.2. The normalized spacial score (nSPS) is 13.2. The minimum atomic E-state index is -0.317. The Morgan fingerprint density at radius 2 is 2.17 bits per heavy atom. The van der Waals surface area contributed by atoms with Crippen LogP contribution in [0.2, 0.25) is 0 Å². The fourth-order valence-electron chi connectivity index (χ4n) is 3.50. The average molecular weight is 394 g/mol. The van der Waals surface area contributed by atoms with E-state index in [4.69, 9.17) is 5.11 Å². The quantitative estimate of drug-likeness (QED) is 0.565. The number of H-pyrrole nitrogens is 1. The Balaban J connectivity index is 1.46. The van der Waals surface area contributed by atoms with Gasteiger partial charge in [-0.3, -0.25) is 19.4 Å². The zero-order valence-corrected chi connectivity index (χ0v) is 15.8. The van der Waals surface area contributed by atoms with E-state index >= 15 is 0 Å². The molecule has 0 aliphatic carbocycles. The van der Waals surface area contributed by atoms with Gasteiger partial charge >= 0.3 is 0 Å². The lowest BCUT2D eigenvalue weighted by Crippen LogP contribution is -2.36. The van der Waals surface area contributed by atoms with Crippen molar-refractivity contribution in [1.82, 2.24) is 30.2 Å². The van der Waals surface area contributed by atoms with Gasteiger partial charge in [0.05, 0.1) is 25.4 Å². The Kier molecular flexibility index (Phi) is 5.39. The van der Waals surface area contributed by atoms with Crippen LogP contribution >= 0.6 is 0 Å². The molecule has 0 saturated heterocycles. The molecule has 0 bridgehead atoms. The summed E-state index contributed by atoms with van der Waals surface area (Å²) in [5.41, 5.74) is 3.56. The van der Waals surface area contributed by atoms with E-state index in [0.29, 0.717) is 37.3 Å². The number of nitrogens with one attached hydrogen (secondary N) is 2. The van der Waals surface area contributed by atoms with Gasteiger partial charge in [-0.2, -0.15) is 10.2 Å². The molecule has 4 rings (SSSR count). The number of benzene rings is 1. The van der Waals surface area contributed by atoms with Crippen molar-refractivity contribution in [3.63, 3.8) is 0 Å². The van der Waals surface area contributed by atoms with Gasteiger partial charge in [-0.15, -0.1) is 0 Å². The molecule has 0 saturated carbocycles. The van der Waals surface area contributed by atoms with E-state index in [1.54, 1.807) is 11.1 Å². The molecule has 3 N–H and O–H groups in total. The van der Waals surface area contributed by atoms with E-state index < -0.39 is 0 Å². The topological polar surface area (TPSA) is 116 Å². The molecule has 9 nitrogen and oxygen atoms in total. The van der Waals surface area contributed by atoms with Crippen molar-refractivity contribution in [1.29, 1.82) is 0 Å². The van der Waals surface area contributed by atoms with Gasteiger partial charge in [0.2, 0.25) is 0 Å². The van der Waals surface area contributed by atoms with Gasteiger partial charge in [-0.25, -0.2) is 0 Å². The number of aromatic nitrogens is 4. The number of nitrogens with zero attached hydrogens (tertiary/aromatic N) is 4. The summed E-state index contributed by atoms with van der Waals surface area (Å²) < 4.78 is 1.81. The number of carbonyl (C=O) groups is 2. The van der Waals surface area contributed by atoms with Gasteiger partial charge in [0.1, 0.15) is 0 Å². The molecule has 3 heterocycles. The van der Waals surface area contributed by atoms with E-state index in [0.717, 1.165) is 16.8 Å². The second-order valence-electron chi connectivity index (χ2n) is 6.89. The van der Waals surface area contributed by atoms with Gasteiger partial charge in [0.25, 0.3) is 11.8 Å². The van der Waals surface area contributed by atoms with Crippen molar-refractivity contribution < 1.29 is 14.7 Å². The fraction of sp³-hybridized carbons (Fsp3) is 0.300. The van der Waals surface area contributed by atoms with Gasteiger partial charge in [-0.05, 0) is 30.2 Å². The summed E-state index contributed by atoms with van der Waals surface area (Å²) in [6.07, 6.45) is 4.16. The molecule has 0 fully saturated rings. The number of hydrogen-bond donors (Lipinski definition) is 3. The largest absolute Gasteiger partial charge is 0.395 e. The second-order valence-corrected chi connectivity index (χ2v) is 6.89. The summed E-state index contributed by atoms with van der Waals surface area (Å²) in [4.78, 5) is 26.9. The summed E-state index contributed by atoms with van der Waals surface area (Å²) >= 11 is 0. The molecule has 29 heavy (non-hydrogen) atoms. The Morgan fingerprint density at radius 3 is 2.97 bits per heavy atom. The van der Waals surface area contributed by atoms with Crippen LogP contribution in [0, 0.1) is 0 Å². The SMILES string of the molecule is O=C(NCCO)c1n[nH]c2c1CCN(C(=O)c1cccc(Cn3cccn3)c1)C2. The van der Waals surface area contributed by atoms with Crippen molar-refractivity contribution in [2.24, 2.45) is 0 Å².